The van der Waals surface area contributed by atoms with Crippen LogP contribution in [-0.4, -0.2) is 15.0 Å². The minimum atomic E-state index is 0.310. The Bertz CT molecular complexity index is 581. The maximum Gasteiger partial charge on any atom is 0.180 e. The maximum atomic E-state index is 5.96. The molecule has 0 fully saturated rings. The van der Waals surface area contributed by atoms with Crippen molar-refractivity contribution in [3.63, 3.8) is 0 Å². The topological polar surface area (TPSA) is 64.7 Å². The second kappa shape index (κ2) is 5.17. The summed E-state index contributed by atoms with van der Waals surface area (Å²) in [6.45, 7) is 6.19. The number of nitrogens with two attached hydrogens (primary N) is 1. The number of aryl methyl sites for hydroxylation is 1. The zero-order valence-electron chi connectivity index (χ0n) is 10.6. The zero-order valence-corrected chi connectivity index (χ0v) is 12.8. The minimum absolute atomic E-state index is 0.310. The highest BCUT2D eigenvalue weighted by Gasteiger charge is 2.15. The number of aromatic nitrogens is 3. The Morgan fingerprint density at radius 1 is 1.28 bits per heavy atom. The molecule has 2 aromatic heterocycles. The van der Waals surface area contributed by atoms with Crippen LogP contribution in [0.4, 0.5) is 5.82 Å². The number of anilines is 1. The third-order valence-corrected chi connectivity index (χ3v) is 3.78. The largest absolute Gasteiger partial charge is 0.383 e. The van der Waals surface area contributed by atoms with E-state index in [4.69, 9.17) is 5.73 Å². The molecule has 0 saturated carbocycles. The highest BCUT2D eigenvalue weighted by Crippen LogP contribution is 2.26. The quantitative estimate of drug-likeness (QED) is 0.842. The SMILES string of the molecule is Cc1cccnc1-c1nc(N)c(I)c(C(C)C)n1. The molecule has 2 aromatic rings. The molecule has 0 amide bonds. The first kappa shape index (κ1) is 13.2. The molecule has 18 heavy (non-hydrogen) atoms. The van der Waals surface area contributed by atoms with Crippen molar-refractivity contribution < 1.29 is 0 Å². The van der Waals surface area contributed by atoms with Crippen LogP contribution in [0, 0.1) is 10.5 Å². The van der Waals surface area contributed by atoms with Gasteiger partial charge in [0.25, 0.3) is 0 Å². The van der Waals surface area contributed by atoms with Crippen LogP contribution in [0.25, 0.3) is 11.5 Å². The summed E-state index contributed by atoms with van der Waals surface area (Å²) in [5.41, 5.74) is 8.78. The Kier molecular flexibility index (Phi) is 3.79. The van der Waals surface area contributed by atoms with E-state index in [0.717, 1.165) is 20.5 Å². The van der Waals surface area contributed by atoms with E-state index in [2.05, 4.69) is 51.4 Å². The third kappa shape index (κ3) is 2.45. The standard InChI is InChI=1S/C13H15IN4/c1-7(2)10-9(14)12(15)18-13(17-10)11-8(3)5-4-6-16-11/h4-7H,1-3H3,(H2,15,17,18). The van der Waals surface area contributed by atoms with E-state index in [1.165, 1.54) is 0 Å². The van der Waals surface area contributed by atoms with E-state index >= 15 is 0 Å². The molecule has 0 aliphatic carbocycles. The highest BCUT2D eigenvalue weighted by atomic mass is 127. The Morgan fingerprint density at radius 2 is 2.00 bits per heavy atom. The van der Waals surface area contributed by atoms with Gasteiger partial charge in [-0.15, -0.1) is 0 Å². The average Bonchev–Trinajstić information content (AvgIpc) is 2.33. The summed E-state index contributed by atoms with van der Waals surface area (Å²) in [5, 5.41) is 0. The first-order valence-electron chi connectivity index (χ1n) is 5.75. The predicted octanol–water partition coefficient (Wildman–Crippen LogP) is 3.16. The number of hydrogen-bond donors (Lipinski definition) is 1. The monoisotopic (exact) mass is 354 g/mol. The molecule has 2 heterocycles. The van der Waals surface area contributed by atoms with E-state index in [9.17, 15) is 0 Å². The molecule has 2 rings (SSSR count). The van der Waals surface area contributed by atoms with Gasteiger partial charge in [-0.2, -0.15) is 0 Å². The molecule has 0 aromatic carbocycles. The highest BCUT2D eigenvalue weighted by molar-refractivity contribution is 14.1. The Labute approximate surface area is 120 Å². The van der Waals surface area contributed by atoms with Gasteiger partial charge < -0.3 is 5.73 Å². The van der Waals surface area contributed by atoms with E-state index < -0.39 is 0 Å². The lowest BCUT2D eigenvalue weighted by molar-refractivity contribution is 0.809. The van der Waals surface area contributed by atoms with Crippen molar-refractivity contribution in [2.45, 2.75) is 26.7 Å². The molecule has 0 saturated heterocycles. The van der Waals surface area contributed by atoms with Gasteiger partial charge in [0.15, 0.2) is 5.82 Å². The normalized spacial score (nSPS) is 10.9. The Hall–Kier alpha value is -1.24. The first-order valence-corrected chi connectivity index (χ1v) is 6.83. The lowest BCUT2D eigenvalue weighted by Gasteiger charge is -2.12. The number of rotatable bonds is 2. The van der Waals surface area contributed by atoms with E-state index in [0.29, 0.717) is 17.6 Å². The van der Waals surface area contributed by atoms with Gasteiger partial charge in [-0.25, -0.2) is 9.97 Å². The van der Waals surface area contributed by atoms with Gasteiger partial charge in [-0.05, 0) is 47.1 Å². The van der Waals surface area contributed by atoms with Crippen molar-refractivity contribution in [3.05, 3.63) is 33.2 Å². The molecule has 0 spiro atoms. The van der Waals surface area contributed by atoms with Crippen molar-refractivity contribution in [1.29, 1.82) is 0 Å². The summed E-state index contributed by atoms with van der Waals surface area (Å²) < 4.78 is 0.930. The first-order chi connectivity index (χ1) is 8.50. The summed E-state index contributed by atoms with van der Waals surface area (Å²) >= 11 is 2.19. The number of pyridine rings is 1. The van der Waals surface area contributed by atoms with Crippen LogP contribution in [0.2, 0.25) is 0 Å². The van der Waals surface area contributed by atoms with Crippen molar-refractivity contribution in [1.82, 2.24) is 15.0 Å². The van der Waals surface area contributed by atoms with E-state index in [-0.39, 0.29) is 0 Å². The molecule has 0 unspecified atom stereocenters. The van der Waals surface area contributed by atoms with Crippen LogP contribution in [0.15, 0.2) is 18.3 Å². The van der Waals surface area contributed by atoms with Crippen molar-refractivity contribution in [3.8, 4) is 11.5 Å². The summed E-state index contributed by atoms with van der Waals surface area (Å²) in [7, 11) is 0. The number of hydrogen-bond acceptors (Lipinski definition) is 4. The Morgan fingerprint density at radius 3 is 2.61 bits per heavy atom. The average molecular weight is 354 g/mol. The summed E-state index contributed by atoms with van der Waals surface area (Å²) in [6, 6.07) is 3.90. The zero-order chi connectivity index (χ0) is 13.3. The van der Waals surface area contributed by atoms with Gasteiger partial charge >= 0.3 is 0 Å². The minimum Gasteiger partial charge on any atom is -0.383 e. The lowest BCUT2D eigenvalue weighted by atomic mass is 10.1. The molecular formula is C13H15IN4. The van der Waals surface area contributed by atoms with Gasteiger partial charge in [-0.1, -0.05) is 19.9 Å². The smallest absolute Gasteiger partial charge is 0.180 e. The molecule has 5 heteroatoms. The second-order valence-corrected chi connectivity index (χ2v) is 5.53. The number of halogens is 1. The molecular weight excluding hydrogens is 339 g/mol. The molecule has 0 atom stereocenters. The Balaban J connectivity index is 2.63. The number of nitrogens with zero attached hydrogens (tertiary/aromatic N) is 3. The molecule has 0 radical (unpaired) electrons. The van der Waals surface area contributed by atoms with Gasteiger partial charge in [0.2, 0.25) is 0 Å². The fourth-order valence-corrected chi connectivity index (χ4v) is 2.55. The van der Waals surface area contributed by atoms with Gasteiger partial charge in [0, 0.05) is 6.20 Å². The molecule has 94 valence electrons. The third-order valence-electron chi connectivity index (χ3n) is 2.67. The summed E-state index contributed by atoms with van der Waals surface area (Å²) in [4.78, 5) is 13.3. The van der Waals surface area contributed by atoms with Crippen LogP contribution < -0.4 is 5.73 Å². The van der Waals surface area contributed by atoms with E-state index in [1.54, 1.807) is 6.20 Å². The maximum absolute atomic E-state index is 5.96. The second-order valence-electron chi connectivity index (χ2n) is 4.46. The van der Waals surface area contributed by atoms with Crippen molar-refractivity contribution >= 4 is 28.4 Å². The summed E-state index contributed by atoms with van der Waals surface area (Å²) in [6.07, 6.45) is 1.74. The van der Waals surface area contributed by atoms with Crippen LogP contribution in [0.5, 0.6) is 0 Å². The molecule has 0 aliphatic rings. The predicted molar refractivity (Wildman–Crippen MR) is 81.2 cm³/mol. The molecule has 0 bridgehead atoms. The van der Waals surface area contributed by atoms with Crippen LogP contribution >= 0.6 is 22.6 Å². The molecule has 4 nitrogen and oxygen atoms in total. The fourth-order valence-electron chi connectivity index (χ4n) is 1.69. The van der Waals surface area contributed by atoms with E-state index in [1.807, 2.05) is 19.1 Å². The lowest BCUT2D eigenvalue weighted by Crippen LogP contribution is -2.07. The summed E-state index contributed by atoms with van der Waals surface area (Å²) in [5.74, 6) is 1.44. The van der Waals surface area contributed by atoms with Crippen LogP contribution in [0.1, 0.15) is 31.0 Å². The van der Waals surface area contributed by atoms with Gasteiger partial charge in [0.1, 0.15) is 11.5 Å². The number of nitrogen functional groups attached to an aromatic ring is 1. The van der Waals surface area contributed by atoms with Gasteiger partial charge in [0.05, 0.1) is 9.26 Å². The molecule has 2 N–H and O–H groups in total. The van der Waals surface area contributed by atoms with Crippen molar-refractivity contribution in [2.24, 2.45) is 0 Å². The van der Waals surface area contributed by atoms with Crippen molar-refractivity contribution in [2.75, 3.05) is 5.73 Å². The van der Waals surface area contributed by atoms with Crippen LogP contribution in [0.3, 0.4) is 0 Å². The fraction of sp³-hybridized carbons (Fsp3) is 0.308. The van der Waals surface area contributed by atoms with Crippen LogP contribution in [-0.2, 0) is 0 Å². The van der Waals surface area contributed by atoms with Gasteiger partial charge in [-0.3, -0.25) is 4.98 Å². The molecule has 0 aliphatic heterocycles.